The van der Waals surface area contributed by atoms with Crippen molar-refractivity contribution in [3.8, 4) is 11.4 Å². The largest absolute Gasteiger partial charge is 0.504 e. The van der Waals surface area contributed by atoms with Gasteiger partial charge in [-0.2, -0.15) is 5.10 Å². The van der Waals surface area contributed by atoms with E-state index in [1.807, 2.05) is 30.3 Å². The van der Waals surface area contributed by atoms with Crippen LogP contribution in [0.4, 0.5) is 0 Å². The van der Waals surface area contributed by atoms with Gasteiger partial charge in [0, 0.05) is 6.54 Å². The summed E-state index contributed by atoms with van der Waals surface area (Å²) in [5, 5.41) is 26.6. The zero-order valence-electron chi connectivity index (χ0n) is 12.9. The lowest BCUT2D eigenvalue weighted by Crippen LogP contribution is -2.33. The molecule has 3 rings (SSSR count). The van der Waals surface area contributed by atoms with Crippen LogP contribution >= 0.6 is 0 Å². The molecule has 1 aromatic heterocycles. The van der Waals surface area contributed by atoms with Gasteiger partial charge < -0.3 is 15.5 Å². The summed E-state index contributed by atoms with van der Waals surface area (Å²) in [5.74, 6) is -0.256. The lowest BCUT2D eigenvalue weighted by atomic mass is 9.87. The first-order valence-electron chi connectivity index (χ1n) is 7.94. The van der Waals surface area contributed by atoms with Crippen molar-refractivity contribution in [3.63, 3.8) is 0 Å². The van der Waals surface area contributed by atoms with Crippen LogP contribution in [0.3, 0.4) is 0 Å². The molecule has 1 heterocycles. The number of nitrogens with one attached hydrogen (secondary N) is 1. The highest BCUT2D eigenvalue weighted by molar-refractivity contribution is 5.94. The third kappa shape index (κ3) is 3.71. The number of para-hydroxylation sites is 1. The second-order valence-electron chi connectivity index (χ2n) is 6.04. The van der Waals surface area contributed by atoms with Crippen LogP contribution < -0.4 is 5.32 Å². The van der Waals surface area contributed by atoms with Crippen LogP contribution in [-0.2, 0) is 0 Å². The molecule has 0 bridgehead atoms. The highest BCUT2D eigenvalue weighted by atomic mass is 16.3. The number of amides is 1. The summed E-state index contributed by atoms with van der Waals surface area (Å²) in [5.41, 5.74) is 0.794. The maximum Gasteiger partial charge on any atom is 0.275 e. The molecular weight excluding hydrogens is 294 g/mol. The van der Waals surface area contributed by atoms with E-state index in [0.29, 0.717) is 13.0 Å². The highest BCUT2D eigenvalue weighted by Gasteiger charge is 2.22. The summed E-state index contributed by atoms with van der Waals surface area (Å²) in [6.45, 7) is 0.494. The Balaban J connectivity index is 1.64. The van der Waals surface area contributed by atoms with Gasteiger partial charge in [0.05, 0.1) is 18.0 Å². The Hall–Kier alpha value is -2.34. The van der Waals surface area contributed by atoms with Gasteiger partial charge in [-0.1, -0.05) is 24.6 Å². The first kappa shape index (κ1) is 15.6. The number of carbonyl (C=O) groups excluding carboxylic acids is 1. The second kappa shape index (κ2) is 6.83. The van der Waals surface area contributed by atoms with Gasteiger partial charge in [0.25, 0.3) is 5.91 Å². The number of hydrogen-bond donors (Lipinski definition) is 3. The quantitative estimate of drug-likeness (QED) is 0.803. The molecular formula is C17H21N3O3. The molecule has 0 aliphatic heterocycles. The van der Waals surface area contributed by atoms with Crippen molar-refractivity contribution in [2.75, 3.05) is 6.54 Å². The van der Waals surface area contributed by atoms with E-state index < -0.39 is 5.91 Å². The Bertz CT molecular complexity index is 669. The molecule has 6 heteroatoms. The molecule has 1 aromatic carbocycles. The fourth-order valence-corrected chi connectivity index (χ4v) is 3.01. The van der Waals surface area contributed by atoms with Gasteiger partial charge in [-0.3, -0.25) is 4.79 Å². The fourth-order valence-electron chi connectivity index (χ4n) is 3.01. The third-order valence-electron chi connectivity index (χ3n) is 4.24. The first-order chi connectivity index (χ1) is 11.1. The zero-order valence-corrected chi connectivity index (χ0v) is 12.9. The minimum absolute atomic E-state index is 0.0187. The summed E-state index contributed by atoms with van der Waals surface area (Å²) in [6, 6.07) is 9.30. The van der Waals surface area contributed by atoms with Gasteiger partial charge in [0.15, 0.2) is 11.4 Å². The molecule has 1 amide bonds. The van der Waals surface area contributed by atoms with Gasteiger partial charge in [-0.15, -0.1) is 0 Å². The number of carbonyl (C=O) groups is 1. The Labute approximate surface area is 134 Å². The van der Waals surface area contributed by atoms with Gasteiger partial charge >= 0.3 is 0 Å². The van der Waals surface area contributed by atoms with Crippen molar-refractivity contribution in [1.82, 2.24) is 15.1 Å². The number of nitrogens with zero attached hydrogens (tertiary/aromatic N) is 2. The molecule has 2 aromatic rings. The van der Waals surface area contributed by atoms with Crippen molar-refractivity contribution in [2.45, 2.75) is 31.8 Å². The lowest BCUT2D eigenvalue weighted by molar-refractivity contribution is 0.0868. The van der Waals surface area contributed by atoms with Crippen LogP contribution in [0.25, 0.3) is 5.69 Å². The van der Waals surface area contributed by atoms with Crippen molar-refractivity contribution in [2.24, 2.45) is 5.92 Å². The number of aliphatic hydroxyl groups excluding tert-OH is 1. The second-order valence-corrected chi connectivity index (χ2v) is 6.04. The van der Waals surface area contributed by atoms with E-state index in [0.717, 1.165) is 24.9 Å². The van der Waals surface area contributed by atoms with E-state index in [1.165, 1.54) is 10.9 Å². The minimum atomic E-state index is -0.391. The number of hydrogen-bond acceptors (Lipinski definition) is 4. The van der Waals surface area contributed by atoms with Crippen LogP contribution in [0, 0.1) is 5.92 Å². The third-order valence-corrected chi connectivity index (χ3v) is 4.24. The molecule has 3 N–H and O–H groups in total. The smallest absolute Gasteiger partial charge is 0.275 e. The molecule has 1 aliphatic rings. The number of benzene rings is 1. The average molecular weight is 315 g/mol. The molecule has 122 valence electrons. The number of aromatic hydroxyl groups is 1. The van der Waals surface area contributed by atoms with E-state index in [4.69, 9.17) is 0 Å². The van der Waals surface area contributed by atoms with E-state index in [2.05, 4.69) is 10.4 Å². The van der Waals surface area contributed by atoms with E-state index in [9.17, 15) is 15.0 Å². The molecule has 1 aliphatic carbocycles. The van der Waals surface area contributed by atoms with Gasteiger partial charge in [-0.25, -0.2) is 4.68 Å². The van der Waals surface area contributed by atoms with Crippen molar-refractivity contribution >= 4 is 5.91 Å². The molecule has 2 atom stereocenters. The van der Waals surface area contributed by atoms with E-state index >= 15 is 0 Å². The number of aromatic nitrogens is 2. The molecule has 0 spiro atoms. The Morgan fingerprint density at radius 2 is 2.09 bits per heavy atom. The molecule has 23 heavy (non-hydrogen) atoms. The molecule has 1 fully saturated rings. The van der Waals surface area contributed by atoms with Crippen molar-refractivity contribution in [3.05, 3.63) is 42.2 Å². The van der Waals surface area contributed by atoms with Gasteiger partial charge in [0.1, 0.15) is 0 Å². The molecule has 6 nitrogen and oxygen atoms in total. The van der Waals surface area contributed by atoms with Crippen LogP contribution in [-0.4, -0.2) is 38.5 Å². The normalized spacial score (nSPS) is 21.1. The average Bonchev–Trinajstić information content (AvgIpc) is 2.95. The van der Waals surface area contributed by atoms with Crippen molar-refractivity contribution in [1.29, 1.82) is 0 Å². The summed E-state index contributed by atoms with van der Waals surface area (Å²) in [7, 11) is 0. The maximum absolute atomic E-state index is 12.2. The Kier molecular flexibility index (Phi) is 4.62. The van der Waals surface area contributed by atoms with Crippen LogP contribution in [0.1, 0.15) is 36.2 Å². The SMILES string of the molecule is O=C(NCC1CCCC(O)C1)c1nn(-c2ccccc2)cc1O. The molecule has 0 saturated heterocycles. The lowest BCUT2D eigenvalue weighted by Gasteiger charge is -2.25. The summed E-state index contributed by atoms with van der Waals surface area (Å²) < 4.78 is 1.48. The summed E-state index contributed by atoms with van der Waals surface area (Å²) >= 11 is 0. The first-order valence-corrected chi connectivity index (χ1v) is 7.94. The molecule has 0 radical (unpaired) electrons. The van der Waals surface area contributed by atoms with Crippen LogP contribution in [0.2, 0.25) is 0 Å². The number of aliphatic hydroxyl groups is 1. The van der Waals surface area contributed by atoms with Crippen LogP contribution in [0.15, 0.2) is 36.5 Å². The van der Waals surface area contributed by atoms with Gasteiger partial charge in [-0.05, 0) is 37.3 Å². The van der Waals surface area contributed by atoms with E-state index in [-0.39, 0.29) is 23.5 Å². The van der Waals surface area contributed by atoms with Crippen molar-refractivity contribution < 1.29 is 15.0 Å². The summed E-state index contributed by atoms with van der Waals surface area (Å²) in [6.07, 6.45) is 4.69. The number of rotatable bonds is 4. The highest BCUT2D eigenvalue weighted by Crippen LogP contribution is 2.24. The minimum Gasteiger partial charge on any atom is -0.504 e. The molecule has 2 unspecified atom stereocenters. The fraction of sp³-hybridized carbons (Fsp3) is 0.412. The Morgan fingerprint density at radius 1 is 1.30 bits per heavy atom. The maximum atomic E-state index is 12.2. The topological polar surface area (TPSA) is 87.4 Å². The van der Waals surface area contributed by atoms with Crippen LogP contribution in [0.5, 0.6) is 5.75 Å². The zero-order chi connectivity index (χ0) is 16.2. The predicted octanol–water partition coefficient (Wildman–Crippen LogP) is 1.86. The Morgan fingerprint density at radius 3 is 2.83 bits per heavy atom. The molecule has 1 saturated carbocycles. The van der Waals surface area contributed by atoms with Gasteiger partial charge in [0.2, 0.25) is 0 Å². The predicted molar refractivity (Wildman–Crippen MR) is 85.5 cm³/mol. The monoisotopic (exact) mass is 315 g/mol. The summed E-state index contributed by atoms with van der Waals surface area (Å²) in [4.78, 5) is 12.2. The standard InChI is InChI=1S/C17H21N3O3/c21-14-8-4-5-12(9-14)10-18-17(23)16-15(22)11-20(19-16)13-6-2-1-3-7-13/h1-3,6-7,11-12,14,21-22H,4-5,8-10H2,(H,18,23). The van der Waals surface area contributed by atoms with E-state index in [1.54, 1.807) is 0 Å².